The van der Waals surface area contributed by atoms with Crippen molar-refractivity contribution in [2.75, 3.05) is 13.2 Å². The van der Waals surface area contributed by atoms with Gasteiger partial charge in [0.05, 0.1) is 11.0 Å². The average Bonchev–Trinajstić information content (AvgIpc) is 2.38. The second-order valence-electron chi connectivity index (χ2n) is 5.03. The predicted molar refractivity (Wildman–Crippen MR) is 77.8 cm³/mol. The normalized spacial score (nSPS) is 13.9. The molecule has 0 aromatic heterocycles. The summed E-state index contributed by atoms with van der Waals surface area (Å²) in [6.07, 6.45) is -0.217. The molecule has 1 aromatic rings. The molecule has 0 bridgehead atoms. The van der Waals surface area contributed by atoms with Crippen LogP contribution >= 0.6 is 0 Å². The topological polar surface area (TPSA) is 77.8 Å². The summed E-state index contributed by atoms with van der Waals surface area (Å²) in [5, 5.41) is 18.3. The maximum atomic E-state index is 12.5. The zero-order valence-corrected chi connectivity index (χ0v) is 13.0. The van der Waals surface area contributed by atoms with Crippen LogP contribution in [0.25, 0.3) is 0 Å². The van der Waals surface area contributed by atoms with E-state index in [0.717, 1.165) is 0 Å². The van der Waals surface area contributed by atoms with Crippen LogP contribution in [0.5, 0.6) is 0 Å². The molecule has 1 rings (SSSR count). The smallest absolute Gasteiger partial charge is 0.243 e. The molecule has 6 heteroatoms. The Balaban J connectivity index is 3.06. The van der Waals surface area contributed by atoms with Crippen molar-refractivity contribution >= 4 is 10.0 Å². The molecule has 5 nitrogen and oxygen atoms in total. The Morgan fingerprint density at radius 2 is 1.70 bits per heavy atom. The van der Waals surface area contributed by atoms with Gasteiger partial charge in [-0.1, -0.05) is 12.1 Å². The fraction of sp³-hybridized carbons (Fsp3) is 0.571. The van der Waals surface area contributed by atoms with E-state index in [0.29, 0.717) is 12.0 Å². The van der Waals surface area contributed by atoms with E-state index >= 15 is 0 Å². The fourth-order valence-corrected chi connectivity index (χ4v) is 3.61. The molecule has 0 heterocycles. The van der Waals surface area contributed by atoms with Crippen LogP contribution in [0.15, 0.2) is 29.2 Å². The van der Waals surface area contributed by atoms with Gasteiger partial charge in [0.15, 0.2) is 0 Å². The molecule has 1 aromatic carbocycles. The molecule has 0 spiro atoms. The Hall–Kier alpha value is -0.950. The minimum atomic E-state index is -3.57. The minimum Gasteiger partial charge on any atom is -0.396 e. The van der Waals surface area contributed by atoms with Gasteiger partial charge >= 0.3 is 0 Å². The summed E-state index contributed by atoms with van der Waals surface area (Å²) in [5.74, 6) is 0. The summed E-state index contributed by atoms with van der Waals surface area (Å²) in [7, 11) is -3.57. The van der Waals surface area contributed by atoms with Gasteiger partial charge < -0.3 is 10.2 Å². The summed E-state index contributed by atoms with van der Waals surface area (Å²) >= 11 is 0. The lowest BCUT2D eigenvalue weighted by molar-refractivity contribution is 0.199. The molecule has 0 aliphatic rings. The summed E-state index contributed by atoms with van der Waals surface area (Å²) in [6.45, 7) is 5.48. The van der Waals surface area contributed by atoms with Gasteiger partial charge in [-0.3, -0.25) is 0 Å². The molecule has 0 aliphatic carbocycles. The number of rotatable bonds is 7. The lowest BCUT2D eigenvalue weighted by Crippen LogP contribution is -2.38. The van der Waals surface area contributed by atoms with Crippen LogP contribution in [-0.2, 0) is 10.0 Å². The van der Waals surface area contributed by atoms with Gasteiger partial charge in [-0.2, -0.15) is 4.31 Å². The first kappa shape index (κ1) is 17.1. The highest BCUT2D eigenvalue weighted by molar-refractivity contribution is 7.89. The zero-order chi connectivity index (χ0) is 15.3. The van der Waals surface area contributed by atoms with Crippen molar-refractivity contribution in [2.45, 2.75) is 44.2 Å². The van der Waals surface area contributed by atoms with Gasteiger partial charge in [-0.25, -0.2) is 8.42 Å². The van der Waals surface area contributed by atoms with Crippen LogP contribution in [-0.4, -0.2) is 42.1 Å². The molecule has 0 amide bonds. The molecule has 1 atom stereocenters. The molecule has 2 N–H and O–H groups in total. The Morgan fingerprint density at radius 3 is 2.10 bits per heavy atom. The van der Waals surface area contributed by atoms with Gasteiger partial charge in [0.25, 0.3) is 0 Å². The van der Waals surface area contributed by atoms with Gasteiger partial charge in [0.1, 0.15) is 0 Å². The number of aliphatic hydroxyl groups excluding tert-OH is 2. The highest BCUT2D eigenvalue weighted by Gasteiger charge is 2.26. The van der Waals surface area contributed by atoms with Crippen LogP contribution in [0.2, 0.25) is 0 Å². The number of sulfonamides is 1. The number of benzene rings is 1. The maximum Gasteiger partial charge on any atom is 0.243 e. The van der Waals surface area contributed by atoms with Crippen molar-refractivity contribution in [3.63, 3.8) is 0 Å². The van der Waals surface area contributed by atoms with E-state index in [1.165, 1.54) is 16.4 Å². The van der Waals surface area contributed by atoms with Crippen molar-refractivity contribution in [1.29, 1.82) is 0 Å². The molecule has 20 heavy (non-hydrogen) atoms. The highest BCUT2D eigenvalue weighted by atomic mass is 32.2. The third-order valence-corrected chi connectivity index (χ3v) is 5.17. The van der Waals surface area contributed by atoms with Gasteiger partial charge in [0, 0.05) is 19.2 Å². The van der Waals surface area contributed by atoms with Crippen LogP contribution in [0, 0.1) is 0 Å². The molecule has 0 aliphatic heterocycles. The SMILES string of the molecule is CC(O)c1ccc(S(=O)(=O)N(CCCO)C(C)C)cc1. The lowest BCUT2D eigenvalue weighted by Gasteiger charge is -2.25. The second kappa shape index (κ2) is 7.17. The van der Waals surface area contributed by atoms with Crippen molar-refractivity contribution in [3.8, 4) is 0 Å². The Kier molecular flexibility index (Phi) is 6.13. The Labute approximate surface area is 120 Å². The number of nitrogens with zero attached hydrogens (tertiary/aromatic N) is 1. The first-order valence-electron chi connectivity index (χ1n) is 6.71. The summed E-state index contributed by atoms with van der Waals surface area (Å²) in [5.41, 5.74) is 0.676. The Bertz CT molecular complexity index is 508. The summed E-state index contributed by atoms with van der Waals surface area (Å²) in [6, 6.07) is 6.06. The number of hydrogen-bond donors (Lipinski definition) is 2. The highest BCUT2D eigenvalue weighted by Crippen LogP contribution is 2.21. The quantitative estimate of drug-likeness (QED) is 0.800. The van der Waals surface area contributed by atoms with Crippen molar-refractivity contribution in [1.82, 2.24) is 4.31 Å². The largest absolute Gasteiger partial charge is 0.396 e. The van der Waals surface area contributed by atoms with E-state index in [-0.39, 0.29) is 24.1 Å². The van der Waals surface area contributed by atoms with E-state index in [2.05, 4.69) is 0 Å². The monoisotopic (exact) mass is 301 g/mol. The van der Waals surface area contributed by atoms with Crippen molar-refractivity contribution < 1.29 is 18.6 Å². The molecule has 0 radical (unpaired) electrons. The molecular weight excluding hydrogens is 278 g/mol. The zero-order valence-electron chi connectivity index (χ0n) is 12.2. The number of aliphatic hydroxyl groups is 2. The summed E-state index contributed by atoms with van der Waals surface area (Å²) < 4.78 is 26.5. The van der Waals surface area contributed by atoms with Crippen molar-refractivity contribution in [3.05, 3.63) is 29.8 Å². The van der Waals surface area contributed by atoms with Crippen LogP contribution in [0.4, 0.5) is 0 Å². The Morgan fingerprint density at radius 1 is 1.15 bits per heavy atom. The number of hydrogen-bond acceptors (Lipinski definition) is 4. The molecular formula is C14H23NO4S. The van der Waals surface area contributed by atoms with Crippen LogP contribution < -0.4 is 0 Å². The van der Waals surface area contributed by atoms with E-state index in [4.69, 9.17) is 5.11 Å². The van der Waals surface area contributed by atoms with Gasteiger partial charge in [-0.05, 0) is 44.9 Å². The van der Waals surface area contributed by atoms with E-state index < -0.39 is 16.1 Å². The van der Waals surface area contributed by atoms with Crippen LogP contribution in [0.1, 0.15) is 38.9 Å². The lowest BCUT2D eigenvalue weighted by atomic mass is 10.1. The maximum absolute atomic E-state index is 12.5. The molecule has 114 valence electrons. The fourth-order valence-electron chi connectivity index (χ4n) is 1.94. The first-order valence-corrected chi connectivity index (χ1v) is 8.15. The van der Waals surface area contributed by atoms with E-state index in [1.54, 1.807) is 32.9 Å². The molecule has 0 saturated heterocycles. The minimum absolute atomic E-state index is 0.0420. The van der Waals surface area contributed by atoms with Gasteiger partial charge in [-0.15, -0.1) is 0 Å². The van der Waals surface area contributed by atoms with Crippen molar-refractivity contribution in [2.24, 2.45) is 0 Å². The van der Waals surface area contributed by atoms with E-state index in [1.807, 2.05) is 0 Å². The molecule has 1 unspecified atom stereocenters. The average molecular weight is 301 g/mol. The molecule has 0 fully saturated rings. The van der Waals surface area contributed by atoms with Gasteiger partial charge in [0.2, 0.25) is 10.0 Å². The standard InChI is InChI=1S/C14H23NO4S/c1-11(2)15(9-4-10-16)20(18,19)14-7-5-13(6-8-14)12(3)17/h5-8,11-12,16-17H,4,9-10H2,1-3H3. The van der Waals surface area contributed by atoms with E-state index in [9.17, 15) is 13.5 Å². The van der Waals surface area contributed by atoms with Crippen LogP contribution in [0.3, 0.4) is 0 Å². The summed E-state index contributed by atoms with van der Waals surface area (Å²) in [4.78, 5) is 0.202. The second-order valence-corrected chi connectivity index (χ2v) is 6.92. The predicted octanol–water partition coefficient (Wildman–Crippen LogP) is 1.52. The molecule has 0 saturated carbocycles. The third kappa shape index (κ3) is 4.02. The third-order valence-electron chi connectivity index (χ3n) is 3.08. The first-order chi connectivity index (χ1) is 9.30.